The Hall–Kier alpha value is -1.77. The van der Waals surface area contributed by atoms with Gasteiger partial charge in [-0.25, -0.2) is 0 Å². The van der Waals surface area contributed by atoms with Gasteiger partial charge in [-0.2, -0.15) is 0 Å². The van der Waals surface area contributed by atoms with E-state index in [1.165, 1.54) is 0 Å². The highest BCUT2D eigenvalue weighted by Crippen LogP contribution is 2.20. The number of benzene rings is 1. The fourth-order valence-electron chi connectivity index (χ4n) is 1.97. The van der Waals surface area contributed by atoms with Crippen molar-refractivity contribution in [1.29, 1.82) is 0 Å². The summed E-state index contributed by atoms with van der Waals surface area (Å²) in [6.07, 6.45) is 6.42. The lowest BCUT2D eigenvalue weighted by molar-refractivity contribution is -0.136. The highest BCUT2D eigenvalue weighted by molar-refractivity contribution is 6.69. The van der Waals surface area contributed by atoms with Crippen molar-refractivity contribution >= 4 is 14.3 Å². The minimum atomic E-state index is -1.67. The quantitative estimate of drug-likeness (QED) is 0.560. The number of carbonyl (C=O) groups is 1. The molecule has 1 aromatic rings. The standard InChI is InChI=1S/C17H24O4Si/c1-5-15(21-22(2,3)4)12-13-20-16-9-7-6-8-14(16)10-11-17(18)19/h1,6-9,15H,10-13H2,2-4H3,(H,18,19). The van der Waals surface area contributed by atoms with Crippen LogP contribution in [0.3, 0.4) is 0 Å². The molecule has 0 saturated heterocycles. The van der Waals surface area contributed by atoms with Crippen molar-refractivity contribution in [3.8, 4) is 18.1 Å². The molecule has 1 N–H and O–H groups in total. The number of para-hydroxylation sites is 1. The van der Waals surface area contributed by atoms with Gasteiger partial charge in [-0.15, -0.1) is 6.42 Å². The minimum absolute atomic E-state index is 0.0894. The maximum Gasteiger partial charge on any atom is 0.303 e. The number of carboxylic acid groups (broad SMARTS) is 1. The van der Waals surface area contributed by atoms with Crippen LogP contribution in [0.25, 0.3) is 0 Å². The predicted molar refractivity (Wildman–Crippen MR) is 89.6 cm³/mol. The zero-order chi connectivity index (χ0) is 16.6. The topological polar surface area (TPSA) is 55.8 Å². The number of rotatable bonds is 9. The van der Waals surface area contributed by atoms with Crippen LogP contribution in [0.1, 0.15) is 18.4 Å². The zero-order valence-electron chi connectivity index (χ0n) is 13.5. The van der Waals surface area contributed by atoms with E-state index in [0.29, 0.717) is 25.2 Å². The van der Waals surface area contributed by atoms with Crippen molar-refractivity contribution in [3.63, 3.8) is 0 Å². The van der Waals surface area contributed by atoms with Crippen LogP contribution >= 0.6 is 0 Å². The van der Waals surface area contributed by atoms with E-state index in [1.807, 2.05) is 24.3 Å². The molecule has 0 spiro atoms. The van der Waals surface area contributed by atoms with Gasteiger partial charge < -0.3 is 14.3 Å². The number of aliphatic carboxylic acids is 1. The Morgan fingerprint density at radius 3 is 2.64 bits per heavy atom. The molecule has 0 fully saturated rings. The monoisotopic (exact) mass is 320 g/mol. The van der Waals surface area contributed by atoms with E-state index in [9.17, 15) is 4.79 Å². The first-order chi connectivity index (χ1) is 10.3. The molecule has 22 heavy (non-hydrogen) atoms. The van der Waals surface area contributed by atoms with E-state index < -0.39 is 14.3 Å². The lowest BCUT2D eigenvalue weighted by Gasteiger charge is -2.22. The first kappa shape index (κ1) is 18.3. The van der Waals surface area contributed by atoms with Crippen molar-refractivity contribution in [3.05, 3.63) is 29.8 Å². The van der Waals surface area contributed by atoms with E-state index in [4.69, 9.17) is 20.7 Å². The maximum absolute atomic E-state index is 10.7. The summed E-state index contributed by atoms with van der Waals surface area (Å²) in [6, 6.07) is 7.48. The van der Waals surface area contributed by atoms with Crippen LogP contribution in [0.4, 0.5) is 0 Å². The Morgan fingerprint density at radius 2 is 2.05 bits per heavy atom. The molecule has 0 aliphatic rings. The van der Waals surface area contributed by atoms with E-state index in [-0.39, 0.29) is 12.5 Å². The highest BCUT2D eigenvalue weighted by atomic mass is 28.4. The van der Waals surface area contributed by atoms with Gasteiger partial charge in [-0.3, -0.25) is 4.79 Å². The Bertz CT molecular complexity index is 528. The second kappa shape index (κ2) is 8.62. The molecule has 0 radical (unpaired) electrons. The molecule has 1 aromatic carbocycles. The summed E-state index contributed by atoms with van der Waals surface area (Å²) in [5.74, 6) is 2.56. The number of ether oxygens (including phenoxy) is 1. The van der Waals surface area contributed by atoms with Gasteiger partial charge in [0.05, 0.1) is 6.61 Å². The van der Waals surface area contributed by atoms with Crippen LogP contribution in [0.5, 0.6) is 5.75 Å². The van der Waals surface area contributed by atoms with Gasteiger partial charge >= 0.3 is 5.97 Å². The first-order valence-corrected chi connectivity index (χ1v) is 10.8. The molecule has 5 heteroatoms. The van der Waals surface area contributed by atoms with Crippen molar-refractivity contribution in [2.45, 2.75) is 45.0 Å². The van der Waals surface area contributed by atoms with E-state index >= 15 is 0 Å². The molecule has 0 aromatic heterocycles. The average Bonchev–Trinajstić information content (AvgIpc) is 2.43. The minimum Gasteiger partial charge on any atom is -0.493 e. The second-order valence-corrected chi connectivity index (χ2v) is 10.5. The molecule has 120 valence electrons. The molecular formula is C17H24O4Si. The van der Waals surface area contributed by atoms with Crippen molar-refractivity contribution in [1.82, 2.24) is 0 Å². The lowest BCUT2D eigenvalue weighted by Crippen LogP contribution is -2.32. The number of carboxylic acids is 1. The van der Waals surface area contributed by atoms with E-state index in [1.54, 1.807) is 0 Å². The summed E-state index contributed by atoms with van der Waals surface area (Å²) in [7, 11) is -1.67. The van der Waals surface area contributed by atoms with Crippen molar-refractivity contribution in [2.75, 3.05) is 6.61 Å². The van der Waals surface area contributed by atoms with Crippen LogP contribution in [0.2, 0.25) is 19.6 Å². The second-order valence-electron chi connectivity index (χ2n) is 6.02. The smallest absolute Gasteiger partial charge is 0.303 e. The summed E-state index contributed by atoms with van der Waals surface area (Å²) in [6.45, 7) is 6.74. The summed E-state index contributed by atoms with van der Waals surface area (Å²) >= 11 is 0. The molecule has 1 unspecified atom stereocenters. The van der Waals surface area contributed by atoms with Gasteiger partial charge in [0.1, 0.15) is 11.9 Å². The van der Waals surface area contributed by atoms with Gasteiger partial charge in [-0.05, 0) is 37.7 Å². The third-order valence-corrected chi connectivity index (χ3v) is 3.89. The fourth-order valence-corrected chi connectivity index (χ4v) is 3.01. The van der Waals surface area contributed by atoms with Crippen LogP contribution in [-0.2, 0) is 15.6 Å². The lowest BCUT2D eigenvalue weighted by atomic mass is 10.1. The molecule has 0 aliphatic heterocycles. The highest BCUT2D eigenvalue weighted by Gasteiger charge is 2.19. The summed E-state index contributed by atoms with van der Waals surface area (Å²) in [5.41, 5.74) is 0.897. The maximum atomic E-state index is 10.7. The van der Waals surface area contributed by atoms with Gasteiger partial charge in [0, 0.05) is 12.8 Å². The Morgan fingerprint density at radius 1 is 1.36 bits per heavy atom. The number of aryl methyl sites for hydroxylation is 1. The summed E-state index contributed by atoms with van der Waals surface area (Å²) in [4.78, 5) is 10.7. The van der Waals surface area contributed by atoms with Crippen molar-refractivity contribution < 1.29 is 19.1 Å². The Balaban J connectivity index is 2.54. The predicted octanol–water partition coefficient (Wildman–Crippen LogP) is 3.33. The number of terminal acetylenes is 1. The third kappa shape index (κ3) is 7.30. The van der Waals surface area contributed by atoms with Crippen LogP contribution in [0, 0.1) is 12.3 Å². The number of hydrogen-bond donors (Lipinski definition) is 1. The molecule has 1 atom stereocenters. The molecule has 0 amide bonds. The summed E-state index contributed by atoms with van der Waals surface area (Å²) in [5, 5.41) is 8.78. The molecular weight excluding hydrogens is 296 g/mol. The van der Waals surface area contributed by atoms with Crippen LogP contribution in [-0.4, -0.2) is 32.1 Å². The molecule has 0 bridgehead atoms. The van der Waals surface area contributed by atoms with Gasteiger partial charge in [0.2, 0.25) is 0 Å². The third-order valence-electron chi connectivity index (χ3n) is 2.90. The molecule has 1 rings (SSSR count). The molecule has 0 aliphatic carbocycles. The molecule has 4 nitrogen and oxygen atoms in total. The Kier molecular flexibility index (Phi) is 7.16. The Labute approximate surface area is 133 Å². The largest absolute Gasteiger partial charge is 0.493 e. The summed E-state index contributed by atoms with van der Waals surface area (Å²) < 4.78 is 11.6. The van der Waals surface area contributed by atoms with E-state index in [0.717, 1.165) is 5.56 Å². The average molecular weight is 320 g/mol. The zero-order valence-corrected chi connectivity index (χ0v) is 14.5. The van der Waals surface area contributed by atoms with Gasteiger partial charge in [0.25, 0.3) is 0 Å². The first-order valence-electron chi connectivity index (χ1n) is 7.38. The van der Waals surface area contributed by atoms with E-state index in [2.05, 4.69) is 25.6 Å². The SMILES string of the molecule is C#CC(CCOc1ccccc1CCC(=O)O)O[Si](C)(C)C. The van der Waals surface area contributed by atoms with Gasteiger partial charge in [0.15, 0.2) is 8.32 Å². The normalized spacial score (nSPS) is 12.5. The number of hydrogen-bond acceptors (Lipinski definition) is 3. The molecule has 0 saturated carbocycles. The van der Waals surface area contributed by atoms with Gasteiger partial charge in [-0.1, -0.05) is 24.1 Å². The van der Waals surface area contributed by atoms with Crippen molar-refractivity contribution in [2.24, 2.45) is 0 Å². The fraction of sp³-hybridized carbons (Fsp3) is 0.471. The molecule has 0 heterocycles. The van der Waals surface area contributed by atoms with Crippen LogP contribution in [0.15, 0.2) is 24.3 Å². The van der Waals surface area contributed by atoms with Crippen LogP contribution < -0.4 is 4.74 Å².